The first-order valence-electron chi connectivity index (χ1n) is 13.8. The molecule has 0 saturated heterocycles. The smallest absolute Gasteiger partial charge is 0.335 e. The van der Waals surface area contributed by atoms with E-state index in [1.807, 2.05) is 12.1 Å². The Morgan fingerprint density at radius 1 is 0.781 bits per heavy atom. The Morgan fingerprint density at radius 3 is 1.72 bits per heavy atom. The molecular formula is C29H49NO2. The maximum absolute atomic E-state index is 11.1. The Morgan fingerprint density at radius 2 is 1.25 bits per heavy atom. The van der Waals surface area contributed by atoms with E-state index >= 15 is 0 Å². The van der Waals surface area contributed by atoms with Gasteiger partial charge in [0.2, 0.25) is 0 Å². The largest absolute Gasteiger partial charge is 0.478 e. The average molecular weight is 444 g/mol. The molecule has 0 bridgehead atoms. The van der Waals surface area contributed by atoms with E-state index in [9.17, 15) is 4.79 Å². The van der Waals surface area contributed by atoms with Crippen molar-refractivity contribution in [2.24, 2.45) is 0 Å². The molecule has 1 unspecified atom stereocenters. The van der Waals surface area contributed by atoms with Crippen LogP contribution < -0.4 is 5.32 Å². The van der Waals surface area contributed by atoms with Gasteiger partial charge in [-0.3, -0.25) is 0 Å². The van der Waals surface area contributed by atoms with E-state index in [0.717, 1.165) is 17.7 Å². The molecule has 1 aromatic rings. The van der Waals surface area contributed by atoms with Crippen LogP contribution in [-0.4, -0.2) is 17.1 Å². The summed E-state index contributed by atoms with van der Waals surface area (Å²) in [6.45, 7) is 2.29. The third kappa shape index (κ3) is 11.4. The van der Waals surface area contributed by atoms with Gasteiger partial charge in [-0.15, -0.1) is 0 Å². The van der Waals surface area contributed by atoms with Crippen molar-refractivity contribution < 1.29 is 9.90 Å². The SMILES string of the molecule is CCCCCCCCCCCCCCCCCCCCC1Cc2cc(C(=O)O)ccc2N1. The summed E-state index contributed by atoms with van der Waals surface area (Å²) in [5.41, 5.74) is 2.69. The van der Waals surface area contributed by atoms with Crippen LogP contribution in [0.5, 0.6) is 0 Å². The van der Waals surface area contributed by atoms with E-state index in [0.29, 0.717) is 11.6 Å². The van der Waals surface area contributed by atoms with Crippen LogP contribution in [-0.2, 0) is 6.42 Å². The first-order chi connectivity index (χ1) is 15.7. The third-order valence-electron chi connectivity index (χ3n) is 7.08. The molecule has 2 rings (SSSR count). The molecule has 0 radical (unpaired) electrons. The number of carboxylic acids is 1. The maximum atomic E-state index is 11.1. The minimum Gasteiger partial charge on any atom is -0.478 e. The lowest BCUT2D eigenvalue weighted by Crippen LogP contribution is -2.14. The van der Waals surface area contributed by atoms with E-state index in [-0.39, 0.29) is 0 Å². The molecule has 1 atom stereocenters. The monoisotopic (exact) mass is 443 g/mol. The second-order valence-corrected chi connectivity index (χ2v) is 10.0. The van der Waals surface area contributed by atoms with Crippen LogP contribution in [0, 0.1) is 0 Å². The first-order valence-corrected chi connectivity index (χ1v) is 13.8. The normalized spacial score (nSPS) is 15.0. The summed E-state index contributed by atoms with van der Waals surface area (Å²) in [6, 6.07) is 5.94. The highest BCUT2D eigenvalue weighted by Gasteiger charge is 2.21. The second kappa shape index (κ2) is 17.0. The second-order valence-electron chi connectivity index (χ2n) is 10.0. The lowest BCUT2D eigenvalue weighted by atomic mass is 10.0. The van der Waals surface area contributed by atoms with Gasteiger partial charge in [-0.25, -0.2) is 4.79 Å². The van der Waals surface area contributed by atoms with Gasteiger partial charge in [0.05, 0.1) is 5.56 Å². The van der Waals surface area contributed by atoms with Crippen molar-refractivity contribution in [1.82, 2.24) is 0 Å². The predicted octanol–water partition coefficient (Wildman–Crippen LogP) is 9.15. The highest BCUT2D eigenvalue weighted by atomic mass is 16.4. The zero-order valence-electron chi connectivity index (χ0n) is 20.8. The van der Waals surface area contributed by atoms with Crippen molar-refractivity contribution in [1.29, 1.82) is 0 Å². The maximum Gasteiger partial charge on any atom is 0.335 e. The van der Waals surface area contributed by atoms with Crippen molar-refractivity contribution >= 4 is 11.7 Å². The van der Waals surface area contributed by atoms with Gasteiger partial charge in [-0.05, 0) is 36.6 Å². The predicted molar refractivity (Wildman–Crippen MR) is 138 cm³/mol. The molecule has 0 aromatic heterocycles. The van der Waals surface area contributed by atoms with Gasteiger partial charge in [-0.2, -0.15) is 0 Å². The quantitative estimate of drug-likeness (QED) is 0.197. The minimum absolute atomic E-state index is 0.402. The Bertz CT molecular complexity index is 628. The van der Waals surface area contributed by atoms with Crippen molar-refractivity contribution in [3.05, 3.63) is 29.3 Å². The number of hydrogen-bond acceptors (Lipinski definition) is 2. The Kier molecular flexibility index (Phi) is 14.2. The van der Waals surface area contributed by atoms with E-state index < -0.39 is 5.97 Å². The van der Waals surface area contributed by atoms with Crippen molar-refractivity contribution in [3.8, 4) is 0 Å². The minimum atomic E-state index is -0.834. The van der Waals surface area contributed by atoms with Gasteiger partial charge in [0.15, 0.2) is 0 Å². The lowest BCUT2D eigenvalue weighted by molar-refractivity contribution is 0.0697. The standard InChI is InChI=1S/C29H49NO2/c1-2-3-4-5-6-7-8-9-10-11-12-13-14-15-16-17-18-19-20-27-24-26-23-25(29(31)32)21-22-28(26)30-27/h21-23,27,30H,2-20,24H2,1H3,(H,31,32). The fourth-order valence-electron chi connectivity index (χ4n) is 5.04. The third-order valence-corrected chi connectivity index (χ3v) is 7.08. The number of fused-ring (bicyclic) bond motifs is 1. The Balaban J connectivity index is 1.32. The van der Waals surface area contributed by atoms with E-state index in [1.54, 1.807) is 6.07 Å². The molecule has 2 N–H and O–H groups in total. The fourth-order valence-corrected chi connectivity index (χ4v) is 5.04. The number of carbonyl (C=O) groups is 1. The van der Waals surface area contributed by atoms with E-state index in [4.69, 9.17) is 5.11 Å². The molecule has 0 fully saturated rings. The van der Waals surface area contributed by atoms with Crippen LogP contribution in [0.4, 0.5) is 5.69 Å². The zero-order chi connectivity index (χ0) is 22.9. The number of carboxylic acid groups (broad SMARTS) is 1. The molecule has 1 aromatic carbocycles. The van der Waals surface area contributed by atoms with Gasteiger partial charge < -0.3 is 10.4 Å². The molecule has 1 aliphatic heterocycles. The van der Waals surface area contributed by atoms with E-state index in [1.165, 1.54) is 122 Å². The summed E-state index contributed by atoms with van der Waals surface area (Å²) in [4.78, 5) is 11.1. The number of anilines is 1. The highest BCUT2D eigenvalue weighted by molar-refractivity contribution is 5.88. The fraction of sp³-hybridized carbons (Fsp3) is 0.759. The summed E-state index contributed by atoms with van der Waals surface area (Å²) >= 11 is 0. The summed E-state index contributed by atoms with van der Waals surface area (Å²) < 4.78 is 0. The van der Waals surface area contributed by atoms with Crippen molar-refractivity contribution in [3.63, 3.8) is 0 Å². The van der Waals surface area contributed by atoms with Crippen LogP contribution >= 0.6 is 0 Å². The molecule has 1 heterocycles. The highest BCUT2D eigenvalue weighted by Crippen LogP contribution is 2.29. The van der Waals surface area contributed by atoms with Crippen LogP contribution in [0.2, 0.25) is 0 Å². The number of rotatable bonds is 20. The Labute approximate surface area is 197 Å². The molecular weight excluding hydrogens is 394 g/mol. The average Bonchev–Trinajstić information content (AvgIpc) is 3.20. The Hall–Kier alpha value is -1.51. The van der Waals surface area contributed by atoms with Crippen LogP contribution in [0.3, 0.4) is 0 Å². The molecule has 32 heavy (non-hydrogen) atoms. The number of unbranched alkanes of at least 4 members (excludes halogenated alkanes) is 17. The molecule has 3 nitrogen and oxygen atoms in total. The topological polar surface area (TPSA) is 49.3 Å². The van der Waals surface area contributed by atoms with Gasteiger partial charge >= 0.3 is 5.97 Å². The summed E-state index contributed by atoms with van der Waals surface area (Å²) in [5.74, 6) is -0.834. The summed E-state index contributed by atoms with van der Waals surface area (Å²) in [5, 5.41) is 12.7. The van der Waals surface area contributed by atoms with Gasteiger partial charge in [0.25, 0.3) is 0 Å². The molecule has 0 spiro atoms. The van der Waals surface area contributed by atoms with E-state index in [2.05, 4.69) is 12.2 Å². The molecule has 182 valence electrons. The van der Waals surface area contributed by atoms with Crippen LogP contribution in [0.1, 0.15) is 145 Å². The summed E-state index contributed by atoms with van der Waals surface area (Å²) in [7, 11) is 0. The molecule has 1 aliphatic rings. The first kappa shape index (κ1) is 26.7. The van der Waals surface area contributed by atoms with Crippen molar-refractivity contribution in [2.75, 3.05) is 5.32 Å². The molecule has 0 saturated carbocycles. The lowest BCUT2D eigenvalue weighted by Gasteiger charge is -2.10. The number of benzene rings is 1. The molecule has 3 heteroatoms. The van der Waals surface area contributed by atoms with Gasteiger partial charge in [0, 0.05) is 11.7 Å². The van der Waals surface area contributed by atoms with Crippen molar-refractivity contribution in [2.45, 2.75) is 141 Å². The number of nitrogens with one attached hydrogen (secondary N) is 1. The number of aromatic carboxylic acids is 1. The molecule has 0 amide bonds. The molecule has 0 aliphatic carbocycles. The van der Waals surface area contributed by atoms with Gasteiger partial charge in [0.1, 0.15) is 0 Å². The number of hydrogen-bond donors (Lipinski definition) is 2. The summed E-state index contributed by atoms with van der Waals surface area (Å²) in [6.07, 6.45) is 27.6. The zero-order valence-corrected chi connectivity index (χ0v) is 20.8. The van der Waals surface area contributed by atoms with Crippen LogP contribution in [0.15, 0.2) is 18.2 Å². The van der Waals surface area contributed by atoms with Gasteiger partial charge in [-0.1, -0.05) is 122 Å². The van der Waals surface area contributed by atoms with Crippen LogP contribution in [0.25, 0.3) is 0 Å².